The highest BCUT2D eigenvalue weighted by atomic mass is 32.1. The van der Waals surface area contributed by atoms with Gasteiger partial charge in [-0.15, -0.1) is 34.0 Å². The van der Waals surface area contributed by atoms with Crippen LogP contribution in [0.15, 0.2) is 89.9 Å². The van der Waals surface area contributed by atoms with Gasteiger partial charge in [-0.05, 0) is 44.2 Å². The van der Waals surface area contributed by atoms with Crippen LogP contribution in [-0.2, 0) is 0 Å². The van der Waals surface area contributed by atoms with Crippen LogP contribution in [0.1, 0.15) is 41.9 Å². The summed E-state index contributed by atoms with van der Waals surface area (Å²) in [5.74, 6) is -2.26. The largest absolute Gasteiger partial charge is 0.478 e. The molecule has 0 spiro atoms. The van der Waals surface area contributed by atoms with Crippen molar-refractivity contribution in [1.82, 2.24) is 23.8 Å². The van der Waals surface area contributed by atoms with Crippen LogP contribution in [0.3, 0.4) is 0 Å². The smallest absolute Gasteiger partial charge is 0.365 e. The molecular weight excluding hydrogens is 669 g/mol. The normalized spacial score (nSPS) is 11.1. The highest BCUT2D eigenvalue weighted by molar-refractivity contribution is 7.20. The standard InChI is InChI=1S/C21H14N4O3S2.C13H10N2O2S/c1-11-10-29-21-24-16(9-25(11)21)13-4-2-3-5-14(13)18(26)22-12-6-7-15-17(8-12)30-19(23-15)20(27)28;1-8-7-18-13-14-11(6-15(8)13)9-4-2-3-5-10(9)12(16)17/h2-10H,1H3,(H,22,26)(H,27,28);2-7H,1H3,(H,16,17). The van der Waals surface area contributed by atoms with Gasteiger partial charge in [0, 0.05) is 56.9 Å². The molecule has 8 rings (SSSR count). The fraction of sp³-hybridized carbons (Fsp3) is 0.0588. The third kappa shape index (κ3) is 5.83. The van der Waals surface area contributed by atoms with Crippen LogP contribution < -0.4 is 5.32 Å². The number of nitrogens with zero attached hydrogens (tertiary/aromatic N) is 5. The number of nitrogens with one attached hydrogen (secondary N) is 1. The van der Waals surface area contributed by atoms with Crippen LogP contribution in [-0.4, -0.2) is 51.8 Å². The van der Waals surface area contributed by atoms with E-state index in [1.165, 1.54) is 0 Å². The van der Waals surface area contributed by atoms with E-state index in [9.17, 15) is 19.5 Å². The van der Waals surface area contributed by atoms with Crippen molar-refractivity contribution in [3.63, 3.8) is 0 Å². The zero-order chi connectivity index (χ0) is 33.5. The number of amides is 1. The van der Waals surface area contributed by atoms with Gasteiger partial charge in [-0.1, -0.05) is 36.4 Å². The van der Waals surface area contributed by atoms with Gasteiger partial charge >= 0.3 is 11.9 Å². The molecule has 3 aromatic carbocycles. The van der Waals surface area contributed by atoms with E-state index in [4.69, 9.17) is 5.11 Å². The summed E-state index contributed by atoms with van der Waals surface area (Å²) >= 11 is 4.18. The summed E-state index contributed by atoms with van der Waals surface area (Å²) < 4.78 is 4.67. The summed E-state index contributed by atoms with van der Waals surface area (Å²) in [4.78, 5) is 50.3. The molecule has 48 heavy (non-hydrogen) atoms. The molecular formula is C34H24N6O5S3. The maximum atomic E-state index is 13.0. The second-order valence-corrected chi connectivity index (χ2v) is 13.4. The van der Waals surface area contributed by atoms with Crippen molar-refractivity contribution in [3.05, 3.63) is 117 Å². The van der Waals surface area contributed by atoms with E-state index in [-0.39, 0.29) is 16.5 Å². The maximum Gasteiger partial charge on any atom is 0.365 e. The third-order valence-corrected chi connectivity index (χ3v) is 10.4. The number of hydrogen-bond acceptors (Lipinski definition) is 9. The number of carbonyl (C=O) groups excluding carboxylic acids is 1. The summed E-state index contributed by atoms with van der Waals surface area (Å²) in [6, 6.07) is 19.4. The quantitative estimate of drug-likeness (QED) is 0.159. The molecule has 8 aromatic rings. The molecule has 11 nitrogen and oxygen atoms in total. The lowest BCUT2D eigenvalue weighted by Gasteiger charge is -2.09. The zero-order valence-electron chi connectivity index (χ0n) is 25.2. The molecule has 0 unspecified atom stereocenters. The number of carboxylic acid groups (broad SMARTS) is 2. The molecule has 3 N–H and O–H groups in total. The van der Waals surface area contributed by atoms with E-state index in [1.54, 1.807) is 65.1 Å². The summed E-state index contributed by atoms with van der Waals surface area (Å²) in [6.07, 6.45) is 3.81. The van der Waals surface area contributed by atoms with Gasteiger partial charge in [0.1, 0.15) is 0 Å². The Labute approximate surface area is 284 Å². The number of aryl methyl sites for hydroxylation is 2. The second kappa shape index (κ2) is 12.5. The Bertz CT molecular complexity index is 2520. The molecule has 0 saturated heterocycles. The molecule has 14 heteroatoms. The van der Waals surface area contributed by atoms with Crippen LogP contribution in [0, 0.1) is 13.8 Å². The first-order valence-electron chi connectivity index (χ1n) is 14.4. The first-order valence-corrected chi connectivity index (χ1v) is 17.0. The van der Waals surface area contributed by atoms with E-state index in [2.05, 4.69) is 20.3 Å². The number of rotatable bonds is 6. The number of hydrogen-bond donors (Lipinski definition) is 3. The van der Waals surface area contributed by atoms with Crippen LogP contribution in [0.4, 0.5) is 5.69 Å². The third-order valence-electron chi connectivity index (χ3n) is 7.49. The van der Waals surface area contributed by atoms with Crippen LogP contribution >= 0.6 is 34.0 Å². The Balaban J connectivity index is 0.000000172. The van der Waals surface area contributed by atoms with Gasteiger partial charge in [0.25, 0.3) is 5.91 Å². The molecule has 5 aromatic heterocycles. The monoisotopic (exact) mass is 692 g/mol. The predicted molar refractivity (Wildman–Crippen MR) is 188 cm³/mol. The fourth-order valence-electron chi connectivity index (χ4n) is 5.14. The van der Waals surface area contributed by atoms with Crippen LogP contribution in [0.25, 0.3) is 42.7 Å². The van der Waals surface area contributed by atoms with Crippen molar-refractivity contribution < 1.29 is 24.6 Å². The fourth-order valence-corrected chi connectivity index (χ4v) is 7.68. The van der Waals surface area contributed by atoms with Gasteiger partial charge in [-0.3, -0.25) is 13.6 Å². The van der Waals surface area contributed by atoms with Crippen molar-refractivity contribution in [2.24, 2.45) is 0 Å². The van der Waals surface area contributed by atoms with Crippen molar-refractivity contribution in [3.8, 4) is 22.5 Å². The van der Waals surface area contributed by atoms with E-state index in [1.807, 2.05) is 70.1 Å². The lowest BCUT2D eigenvalue weighted by atomic mass is 10.0. The van der Waals surface area contributed by atoms with E-state index >= 15 is 0 Å². The van der Waals surface area contributed by atoms with Crippen molar-refractivity contribution in [2.45, 2.75) is 13.8 Å². The number of thiazole rings is 3. The molecule has 1 amide bonds. The summed E-state index contributed by atoms with van der Waals surface area (Å²) in [6.45, 7) is 4.01. The van der Waals surface area contributed by atoms with Gasteiger partial charge in [-0.2, -0.15) is 0 Å². The van der Waals surface area contributed by atoms with E-state index in [0.717, 1.165) is 43.9 Å². The average molecular weight is 693 g/mol. The van der Waals surface area contributed by atoms with Crippen LogP contribution in [0.5, 0.6) is 0 Å². The second-order valence-electron chi connectivity index (χ2n) is 10.7. The number of carboxylic acids is 2. The number of imidazole rings is 2. The topological polar surface area (TPSA) is 151 Å². The molecule has 0 aliphatic rings. The summed E-state index contributed by atoms with van der Waals surface area (Å²) in [5.41, 5.74) is 6.97. The van der Waals surface area contributed by atoms with Crippen molar-refractivity contribution >= 4 is 77.7 Å². The summed E-state index contributed by atoms with van der Waals surface area (Å²) in [7, 11) is 0. The molecule has 0 fully saturated rings. The molecule has 0 radical (unpaired) electrons. The molecule has 0 atom stereocenters. The first kappa shape index (κ1) is 30.9. The highest BCUT2D eigenvalue weighted by Gasteiger charge is 2.18. The predicted octanol–water partition coefficient (Wildman–Crippen LogP) is 8.00. The Morgan fingerprint density at radius 1 is 0.708 bits per heavy atom. The number of aromatic carboxylic acids is 2. The first-order chi connectivity index (χ1) is 23.2. The van der Waals surface area contributed by atoms with Gasteiger partial charge < -0.3 is 15.5 Å². The molecule has 0 saturated carbocycles. The lowest BCUT2D eigenvalue weighted by Crippen LogP contribution is -2.13. The Morgan fingerprint density at radius 3 is 1.83 bits per heavy atom. The Kier molecular flexibility index (Phi) is 8.04. The number of fused-ring (bicyclic) bond motifs is 3. The molecule has 0 bridgehead atoms. The van der Waals surface area contributed by atoms with E-state index < -0.39 is 11.9 Å². The molecule has 238 valence electrons. The SMILES string of the molecule is Cc1csc2nc(-c3ccccc3C(=O)Nc3ccc4nc(C(=O)O)sc4c3)cn12.Cc1csc2nc(-c3ccccc3C(=O)O)cn12. The highest BCUT2D eigenvalue weighted by Crippen LogP contribution is 2.29. The van der Waals surface area contributed by atoms with Crippen molar-refractivity contribution in [1.29, 1.82) is 0 Å². The maximum absolute atomic E-state index is 13.0. The zero-order valence-corrected chi connectivity index (χ0v) is 27.7. The number of anilines is 1. The average Bonchev–Trinajstić information content (AvgIpc) is 3.91. The van der Waals surface area contributed by atoms with Gasteiger partial charge in [0.15, 0.2) is 9.92 Å². The summed E-state index contributed by atoms with van der Waals surface area (Å²) in [5, 5.41) is 25.3. The van der Waals surface area contributed by atoms with Gasteiger partial charge in [-0.25, -0.2) is 24.5 Å². The lowest BCUT2D eigenvalue weighted by molar-refractivity contribution is 0.0686. The van der Waals surface area contributed by atoms with E-state index in [0.29, 0.717) is 32.7 Å². The molecule has 0 aliphatic carbocycles. The number of benzene rings is 3. The molecule has 5 heterocycles. The Hall–Kier alpha value is -5.70. The molecule has 0 aliphatic heterocycles. The minimum atomic E-state index is -1.06. The van der Waals surface area contributed by atoms with Gasteiger partial charge in [0.2, 0.25) is 5.01 Å². The van der Waals surface area contributed by atoms with Crippen molar-refractivity contribution in [2.75, 3.05) is 5.32 Å². The minimum absolute atomic E-state index is 0.0221. The number of aromatic nitrogens is 5. The minimum Gasteiger partial charge on any atom is -0.478 e. The Morgan fingerprint density at radius 2 is 1.27 bits per heavy atom. The van der Waals surface area contributed by atoms with Gasteiger partial charge in [0.05, 0.1) is 27.2 Å². The number of carbonyl (C=O) groups is 3. The van der Waals surface area contributed by atoms with Crippen LogP contribution in [0.2, 0.25) is 0 Å².